The topological polar surface area (TPSA) is 64.8 Å². The molecule has 1 heterocycles. The summed E-state index contributed by atoms with van der Waals surface area (Å²) in [5, 5.41) is 4.25. The van der Waals surface area contributed by atoms with Gasteiger partial charge in [0.25, 0.3) is 0 Å². The molecule has 0 aliphatic heterocycles. The van der Waals surface area contributed by atoms with E-state index >= 15 is 0 Å². The molecule has 0 saturated carbocycles. The van der Waals surface area contributed by atoms with Crippen LogP contribution in [0.15, 0.2) is 59.8 Å². The number of carbonyl (C=O) groups is 1. The van der Waals surface area contributed by atoms with Crippen molar-refractivity contribution in [3.63, 3.8) is 0 Å². The minimum absolute atomic E-state index is 0.332. The molecule has 0 amide bonds. The zero-order valence-electron chi connectivity index (χ0n) is 12.5. The minimum Gasteiger partial charge on any atom is -0.298 e. The lowest BCUT2D eigenvalue weighted by Crippen LogP contribution is -2.16. The van der Waals surface area contributed by atoms with E-state index < -0.39 is 16.3 Å². The first kappa shape index (κ1) is 17.0. The summed E-state index contributed by atoms with van der Waals surface area (Å²) in [6.07, 6.45) is 2.14. The first-order valence-electron chi connectivity index (χ1n) is 6.95. The fraction of sp³-hybridized carbons (Fsp3) is 0.0625. The lowest BCUT2D eigenvalue weighted by molar-refractivity contribution is -0.0384. The Kier molecular flexibility index (Phi) is 4.49. The van der Waals surface area contributed by atoms with Gasteiger partial charge in [-0.25, -0.2) is 13.9 Å². The summed E-state index contributed by atoms with van der Waals surface area (Å²) in [6, 6.07) is 11.7. The molecule has 0 spiro atoms. The number of aromatic nitrogens is 3. The first-order chi connectivity index (χ1) is 11.9. The van der Waals surface area contributed by atoms with Gasteiger partial charge in [-0.1, -0.05) is 24.3 Å². The molecule has 0 aliphatic rings. The quantitative estimate of drug-likeness (QED) is 0.665. The van der Waals surface area contributed by atoms with Crippen LogP contribution in [0.1, 0.15) is 10.4 Å². The van der Waals surface area contributed by atoms with Crippen LogP contribution in [-0.4, -0.2) is 30.8 Å². The molecule has 0 bridgehead atoms. The van der Waals surface area contributed by atoms with E-state index in [4.69, 9.17) is 0 Å². The normalized spacial score (nSPS) is 12.8. The van der Waals surface area contributed by atoms with Crippen molar-refractivity contribution in [2.45, 2.75) is 10.4 Å². The maximum atomic E-state index is 12.5. The molecule has 1 atom stereocenters. The highest BCUT2D eigenvalue weighted by Gasteiger charge is 2.37. The predicted molar refractivity (Wildman–Crippen MR) is 84.6 cm³/mol. The molecule has 3 aromatic rings. The molecular weight excluding hydrogens is 355 g/mol. The Hall–Kier alpha value is -2.81. The third-order valence-electron chi connectivity index (χ3n) is 3.32. The smallest absolute Gasteiger partial charge is 0.298 e. The molecule has 1 aromatic heterocycles. The molecule has 25 heavy (non-hydrogen) atoms. The van der Waals surface area contributed by atoms with Gasteiger partial charge in [0.05, 0.1) is 5.69 Å². The lowest BCUT2D eigenvalue weighted by Gasteiger charge is -2.06. The highest BCUT2D eigenvalue weighted by molar-refractivity contribution is 7.86. The van der Waals surface area contributed by atoms with E-state index in [1.807, 2.05) is 0 Å². The van der Waals surface area contributed by atoms with E-state index in [0.29, 0.717) is 22.6 Å². The van der Waals surface area contributed by atoms with Crippen molar-refractivity contribution in [1.82, 2.24) is 14.8 Å². The summed E-state index contributed by atoms with van der Waals surface area (Å²) in [5.41, 5.74) is -3.10. The number of nitrogens with zero attached hydrogens (tertiary/aromatic N) is 3. The highest BCUT2D eigenvalue weighted by Crippen LogP contribution is 2.26. The van der Waals surface area contributed by atoms with Crippen LogP contribution < -0.4 is 0 Å². The number of hydrogen-bond acceptors (Lipinski definition) is 4. The van der Waals surface area contributed by atoms with Crippen molar-refractivity contribution in [2.75, 3.05) is 0 Å². The molecule has 5 nitrogen and oxygen atoms in total. The molecule has 0 fully saturated rings. The van der Waals surface area contributed by atoms with E-state index in [1.54, 1.807) is 24.3 Å². The number of alkyl halides is 3. The third-order valence-corrected chi connectivity index (χ3v) is 4.44. The number of aldehydes is 1. The fourth-order valence-corrected chi connectivity index (χ4v) is 2.74. The van der Waals surface area contributed by atoms with Gasteiger partial charge in [-0.3, -0.25) is 4.79 Å². The van der Waals surface area contributed by atoms with Crippen molar-refractivity contribution < 1.29 is 22.2 Å². The predicted octanol–water partition coefficient (Wildman–Crippen LogP) is 3.37. The van der Waals surface area contributed by atoms with Gasteiger partial charge in [0.15, 0.2) is 16.6 Å². The number of hydrogen-bond donors (Lipinski definition) is 0. The van der Waals surface area contributed by atoms with Gasteiger partial charge in [0, 0.05) is 16.0 Å². The molecule has 3 rings (SSSR count). The van der Waals surface area contributed by atoms with Crippen molar-refractivity contribution >= 4 is 17.1 Å². The molecule has 9 heteroatoms. The maximum Gasteiger partial charge on any atom is 0.475 e. The second kappa shape index (κ2) is 6.60. The number of carbonyl (C=O) groups excluding carboxylic acids is 1. The van der Waals surface area contributed by atoms with Crippen LogP contribution in [0.25, 0.3) is 17.1 Å². The summed E-state index contributed by atoms with van der Waals surface area (Å²) < 4.78 is 50.0. The molecule has 2 aromatic carbocycles. The van der Waals surface area contributed by atoms with Crippen molar-refractivity contribution in [3.8, 4) is 17.1 Å². The molecule has 0 aliphatic carbocycles. The van der Waals surface area contributed by atoms with Gasteiger partial charge in [0.2, 0.25) is 0 Å². The van der Waals surface area contributed by atoms with Gasteiger partial charge < -0.3 is 0 Å². The van der Waals surface area contributed by atoms with E-state index in [2.05, 4.69) is 10.1 Å². The van der Waals surface area contributed by atoms with Crippen molar-refractivity contribution in [1.29, 1.82) is 0 Å². The van der Waals surface area contributed by atoms with Gasteiger partial charge in [-0.2, -0.15) is 13.2 Å². The Bertz CT molecular complexity index is 919. The van der Waals surface area contributed by atoms with Crippen LogP contribution in [0, 0.1) is 0 Å². The standard InChI is InChI=1S/C16H10F3N3O2S/c17-16(18,19)25(24)14-7-5-13(6-8-14)22-10-20-15(21-22)12-3-1-11(9-23)2-4-12/h1-10H. The van der Waals surface area contributed by atoms with Crippen LogP contribution >= 0.6 is 0 Å². The Morgan fingerprint density at radius 3 is 2.20 bits per heavy atom. The van der Waals surface area contributed by atoms with Gasteiger partial charge in [-0.15, -0.1) is 5.10 Å². The Labute approximate surface area is 142 Å². The van der Waals surface area contributed by atoms with Crippen LogP contribution in [-0.2, 0) is 10.8 Å². The Balaban J connectivity index is 1.84. The molecule has 0 N–H and O–H groups in total. The van der Waals surface area contributed by atoms with E-state index in [-0.39, 0.29) is 4.90 Å². The summed E-state index contributed by atoms with van der Waals surface area (Å²) in [6.45, 7) is 0. The Morgan fingerprint density at radius 2 is 1.64 bits per heavy atom. The van der Waals surface area contributed by atoms with Crippen molar-refractivity contribution in [3.05, 3.63) is 60.4 Å². The molecule has 128 valence electrons. The second-order valence-corrected chi connectivity index (χ2v) is 6.43. The minimum atomic E-state index is -4.80. The van der Waals surface area contributed by atoms with E-state index in [1.165, 1.54) is 23.1 Å². The van der Waals surface area contributed by atoms with Crippen LogP contribution in [0.3, 0.4) is 0 Å². The van der Waals surface area contributed by atoms with Crippen LogP contribution in [0.2, 0.25) is 0 Å². The molecular formula is C16H10F3N3O2S. The lowest BCUT2D eigenvalue weighted by atomic mass is 10.1. The number of halogens is 3. The zero-order chi connectivity index (χ0) is 18.0. The Morgan fingerprint density at radius 1 is 1.00 bits per heavy atom. The summed E-state index contributed by atoms with van der Waals surface area (Å²) >= 11 is 0. The average Bonchev–Trinajstić information content (AvgIpc) is 3.10. The SMILES string of the molecule is O=Cc1ccc(-c2ncn(-c3ccc(S(=O)C(F)(F)F)cc3)n2)cc1. The number of rotatable bonds is 4. The van der Waals surface area contributed by atoms with Gasteiger partial charge in [-0.05, 0) is 24.3 Å². The first-order valence-corrected chi connectivity index (χ1v) is 8.10. The second-order valence-electron chi connectivity index (χ2n) is 4.96. The van der Waals surface area contributed by atoms with E-state index in [9.17, 15) is 22.2 Å². The number of benzene rings is 2. The summed E-state index contributed by atoms with van der Waals surface area (Å²) in [5.74, 6) is 0.403. The highest BCUT2D eigenvalue weighted by atomic mass is 32.2. The van der Waals surface area contributed by atoms with Crippen LogP contribution in [0.4, 0.5) is 13.2 Å². The zero-order valence-corrected chi connectivity index (χ0v) is 13.3. The summed E-state index contributed by atoms with van der Waals surface area (Å²) in [7, 11) is -3.07. The maximum absolute atomic E-state index is 12.5. The third kappa shape index (κ3) is 3.66. The van der Waals surface area contributed by atoms with Crippen molar-refractivity contribution in [2.24, 2.45) is 0 Å². The average molecular weight is 365 g/mol. The molecule has 0 radical (unpaired) electrons. The fourth-order valence-electron chi connectivity index (χ4n) is 2.09. The molecule has 0 saturated heterocycles. The van der Waals surface area contributed by atoms with Crippen LogP contribution in [0.5, 0.6) is 0 Å². The largest absolute Gasteiger partial charge is 0.475 e. The van der Waals surface area contributed by atoms with E-state index in [0.717, 1.165) is 18.4 Å². The molecule has 1 unspecified atom stereocenters. The summed E-state index contributed by atoms with van der Waals surface area (Å²) in [4.78, 5) is 14.5. The van der Waals surface area contributed by atoms with Gasteiger partial charge >= 0.3 is 5.51 Å². The van der Waals surface area contributed by atoms with Gasteiger partial charge in [0.1, 0.15) is 12.6 Å². The monoisotopic (exact) mass is 365 g/mol.